The average Bonchev–Trinajstić information content (AvgIpc) is 3.17. The van der Waals surface area contributed by atoms with Gasteiger partial charge < -0.3 is 14.5 Å². The van der Waals surface area contributed by atoms with Crippen LogP contribution < -0.4 is 4.90 Å². The van der Waals surface area contributed by atoms with Gasteiger partial charge in [-0.15, -0.1) is 0 Å². The summed E-state index contributed by atoms with van der Waals surface area (Å²) in [6.45, 7) is 4.62. The fourth-order valence-electron chi connectivity index (χ4n) is 4.42. The van der Waals surface area contributed by atoms with Gasteiger partial charge in [0, 0.05) is 43.9 Å². The van der Waals surface area contributed by atoms with Crippen LogP contribution in [0.15, 0.2) is 48.0 Å². The van der Waals surface area contributed by atoms with Crippen LogP contribution in [0.25, 0.3) is 5.70 Å². The average molecular weight is 371 g/mol. The Morgan fingerprint density at radius 3 is 2.32 bits per heavy atom. The first-order valence-corrected chi connectivity index (χ1v) is 9.70. The maximum absolute atomic E-state index is 12.7. The highest BCUT2D eigenvalue weighted by atomic mass is 16.5. The number of nitriles is 1. The summed E-state index contributed by atoms with van der Waals surface area (Å²) >= 11 is 0. The molecule has 0 N–H and O–H groups in total. The molecule has 5 rings (SSSR count). The molecule has 0 aromatic heterocycles. The molecule has 2 aliphatic heterocycles. The van der Waals surface area contributed by atoms with Crippen LogP contribution in [0.2, 0.25) is 0 Å². The van der Waals surface area contributed by atoms with E-state index < -0.39 is 0 Å². The third-order valence-corrected chi connectivity index (χ3v) is 5.86. The van der Waals surface area contributed by atoms with Gasteiger partial charge in [0.2, 0.25) is 0 Å². The van der Waals surface area contributed by atoms with Gasteiger partial charge in [-0.1, -0.05) is 30.3 Å². The molecule has 1 aliphatic carbocycles. The van der Waals surface area contributed by atoms with Crippen molar-refractivity contribution in [1.82, 2.24) is 4.90 Å². The number of fused-ring (bicyclic) bond motifs is 2. The van der Waals surface area contributed by atoms with E-state index in [0.717, 1.165) is 61.9 Å². The van der Waals surface area contributed by atoms with Crippen LogP contribution >= 0.6 is 0 Å². The molecule has 140 valence electrons. The van der Waals surface area contributed by atoms with Crippen LogP contribution in [0.1, 0.15) is 22.3 Å². The quantitative estimate of drug-likeness (QED) is 0.812. The smallest absolute Gasteiger partial charge is 0.179 e. The van der Waals surface area contributed by atoms with Gasteiger partial charge in [-0.05, 0) is 28.8 Å². The van der Waals surface area contributed by atoms with E-state index in [4.69, 9.17) is 4.74 Å². The van der Waals surface area contributed by atoms with E-state index in [-0.39, 0.29) is 5.78 Å². The maximum Gasteiger partial charge on any atom is 0.179 e. The zero-order chi connectivity index (χ0) is 19.1. The number of ether oxygens (including phenoxy) is 1. The number of hydrogen-bond donors (Lipinski definition) is 0. The Bertz CT molecular complexity index is 1000. The number of hydrogen-bond acceptors (Lipinski definition) is 5. The number of nitrogens with zero attached hydrogens (tertiary/aromatic N) is 3. The molecule has 0 saturated carbocycles. The standard InChI is InChI=1S/C23H21N3O2/c24-13-21-22(27)11-16-5-6-19(25-7-9-28-10-8-25)12-20(16)23(21)26-14-17-3-1-2-4-18(17)15-26/h1-6,12H,7-11,14-15H2. The molecule has 0 spiro atoms. The summed E-state index contributed by atoms with van der Waals surface area (Å²) in [6.07, 6.45) is 0.298. The van der Waals surface area contributed by atoms with Crippen molar-refractivity contribution in [2.45, 2.75) is 19.5 Å². The number of carbonyl (C=O) groups is 1. The van der Waals surface area contributed by atoms with Crippen LogP contribution in [-0.4, -0.2) is 37.0 Å². The lowest BCUT2D eigenvalue weighted by Crippen LogP contribution is -2.36. The Morgan fingerprint density at radius 2 is 1.64 bits per heavy atom. The van der Waals surface area contributed by atoms with E-state index in [0.29, 0.717) is 12.0 Å². The first kappa shape index (κ1) is 17.0. The molecule has 0 unspecified atom stereocenters. The van der Waals surface area contributed by atoms with Crippen LogP contribution in [0.4, 0.5) is 5.69 Å². The van der Waals surface area contributed by atoms with Crippen molar-refractivity contribution in [1.29, 1.82) is 5.26 Å². The molecule has 2 heterocycles. The van der Waals surface area contributed by atoms with Gasteiger partial charge in [-0.2, -0.15) is 5.26 Å². The molecule has 3 aliphatic rings. The highest BCUT2D eigenvalue weighted by Crippen LogP contribution is 2.38. The lowest BCUT2D eigenvalue weighted by Gasteiger charge is -2.32. The van der Waals surface area contributed by atoms with Crippen LogP contribution in [0, 0.1) is 11.3 Å². The number of anilines is 1. The summed E-state index contributed by atoms with van der Waals surface area (Å²) < 4.78 is 5.47. The minimum Gasteiger partial charge on any atom is -0.378 e. The van der Waals surface area contributed by atoms with Crippen LogP contribution in [0.3, 0.4) is 0 Å². The topological polar surface area (TPSA) is 56.6 Å². The number of rotatable bonds is 2. The summed E-state index contributed by atoms with van der Waals surface area (Å²) in [5.74, 6) is -0.0833. The van der Waals surface area contributed by atoms with Crippen molar-refractivity contribution < 1.29 is 9.53 Å². The largest absolute Gasteiger partial charge is 0.378 e. The molecule has 0 amide bonds. The van der Waals surface area contributed by atoms with E-state index in [2.05, 4.69) is 46.2 Å². The lowest BCUT2D eigenvalue weighted by molar-refractivity contribution is -0.114. The van der Waals surface area contributed by atoms with Gasteiger partial charge >= 0.3 is 0 Å². The first-order valence-electron chi connectivity index (χ1n) is 9.70. The molecule has 1 fully saturated rings. The minimum atomic E-state index is -0.0833. The molecule has 5 heteroatoms. The second-order valence-electron chi connectivity index (χ2n) is 7.50. The van der Waals surface area contributed by atoms with Crippen molar-refractivity contribution in [3.63, 3.8) is 0 Å². The van der Waals surface area contributed by atoms with Gasteiger partial charge in [0.1, 0.15) is 11.6 Å². The molecule has 1 saturated heterocycles. The Hall–Kier alpha value is -3.10. The Morgan fingerprint density at radius 1 is 0.929 bits per heavy atom. The van der Waals surface area contributed by atoms with Gasteiger partial charge in [0.15, 0.2) is 5.78 Å². The number of Topliss-reactive ketones (excluding diaryl/α,β-unsaturated/α-hetero) is 1. The number of ketones is 1. The molecule has 28 heavy (non-hydrogen) atoms. The van der Waals surface area contributed by atoms with E-state index in [1.54, 1.807) is 0 Å². The number of benzene rings is 2. The molecule has 0 atom stereocenters. The fourth-order valence-corrected chi connectivity index (χ4v) is 4.42. The lowest BCUT2D eigenvalue weighted by atomic mass is 9.87. The normalized spacial score (nSPS) is 18.8. The van der Waals surface area contributed by atoms with Crippen molar-refractivity contribution in [2.75, 3.05) is 31.2 Å². The van der Waals surface area contributed by atoms with Gasteiger partial charge in [0.25, 0.3) is 0 Å². The van der Waals surface area contributed by atoms with Crippen molar-refractivity contribution in [3.05, 3.63) is 70.3 Å². The summed E-state index contributed by atoms with van der Waals surface area (Å²) in [5.41, 5.74) is 6.76. The van der Waals surface area contributed by atoms with Crippen molar-refractivity contribution >= 4 is 17.2 Å². The number of allylic oxidation sites excluding steroid dienone is 1. The Labute approximate surface area is 164 Å². The van der Waals surface area contributed by atoms with Crippen LogP contribution in [0.5, 0.6) is 0 Å². The summed E-state index contributed by atoms with van der Waals surface area (Å²) in [7, 11) is 0. The predicted molar refractivity (Wildman–Crippen MR) is 106 cm³/mol. The zero-order valence-corrected chi connectivity index (χ0v) is 15.6. The van der Waals surface area contributed by atoms with E-state index in [1.807, 2.05) is 12.1 Å². The van der Waals surface area contributed by atoms with Crippen molar-refractivity contribution in [3.8, 4) is 6.07 Å². The molecule has 0 bridgehead atoms. The molecular formula is C23H21N3O2. The second kappa shape index (κ2) is 6.81. The monoisotopic (exact) mass is 371 g/mol. The fraction of sp³-hybridized carbons (Fsp3) is 0.304. The molecule has 2 aromatic rings. The first-order chi connectivity index (χ1) is 13.7. The van der Waals surface area contributed by atoms with E-state index in [9.17, 15) is 10.1 Å². The van der Waals surface area contributed by atoms with Gasteiger partial charge in [-0.3, -0.25) is 4.79 Å². The molecular weight excluding hydrogens is 350 g/mol. The summed E-state index contributed by atoms with van der Waals surface area (Å²) in [5, 5.41) is 9.77. The van der Waals surface area contributed by atoms with Crippen molar-refractivity contribution in [2.24, 2.45) is 0 Å². The third kappa shape index (κ3) is 2.78. The van der Waals surface area contributed by atoms with E-state index in [1.165, 1.54) is 11.1 Å². The molecule has 0 radical (unpaired) electrons. The Balaban J connectivity index is 1.59. The number of morpholine rings is 1. The summed E-state index contributed by atoms with van der Waals surface area (Å²) in [6, 6.07) is 16.8. The maximum atomic E-state index is 12.7. The molecule has 2 aromatic carbocycles. The second-order valence-corrected chi connectivity index (χ2v) is 7.50. The highest BCUT2D eigenvalue weighted by molar-refractivity contribution is 6.10. The number of carbonyl (C=O) groups excluding carboxylic acids is 1. The minimum absolute atomic E-state index is 0.0833. The van der Waals surface area contributed by atoms with Gasteiger partial charge in [-0.25, -0.2) is 0 Å². The molecule has 5 nitrogen and oxygen atoms in total. The predicted octanol–water partition coefficient (Wildman–Crippen LogP) is 2.90. The SMILES string of the molecule is N#CC1=C(N2Cc3ccccc3C2)c2cc(N3CCOCC3)ccc2CC1=O. The highest BCUT2D eigenvalue weighted by Gasteiger charge is 2.32. The van der Waals surface area contributed by atoms with Gasteiger partial charge in [0.05, 0.1) is 18.9 Å². The summed E-state index contributed by atoms with van der Waals surface area (Å²) in [4.78, 5) is 17.2. The van der Waals surface area contributed by atoms with E-state index >= 15 is 0 Å². The van der Waals surface area contributed by atoms with Crippen LogP contribution in [-0.2, 0) is 29.0 Å². The third-order valence-electron chi connectivity index (χ3n) is 5.86. The zero-order valence-electron chi connectivity index (χ0n) is 15.6. The Kier molecular flexibility index (Phi) is 4.14.